The molecule has 1 saturated carbocycles. The van der Waals surface area contributed by atoms with Crippen molar-refractivity contribution >= 4 is 17.5 Å². The molecule has 0 bridgehead atoms. The molecule has 1 saturated heterocycles. The van der Waals surface area contributed by atoms with E-state index in [1.807, 2.05) is 42.2 Å². The number of benzene rings is 1. The third kappa shape index (κ3) is 3.03. The topological polar surface area (TPSA) is 66.6 Å². The number of nitrogens with zero attached hydrogens (tertiary/aromatic N) is 2. The van der Waals surface area contributed by atoms with Gasteiger partial charge in [0.1, 0.15) is 5.76 Å². The lowest BCUT2D eigenvalue weighted by Crippen LogP contribution is -2.50. The first-order chi connectivity index (χ1) is 12.5. The van der Waals surface area contributed by atoms with Crippen LogP contribution in [0.2, 0.25) is 5.02 Å². The normalized spacial score (nSPS) is 24.5. The molecular weight excluding hydrogens is 352 g/mol. The van der Waals surface area contributed by atoms with Gasteiger partial charge in [0.15, 0.2) is 0 Å². The maximum absolute atomic E-state index is 13.3. The summed E-state index contributed by atoms with van der Waals surface area (Å²) in [5, 5.41) is 15.0. The Labute approximate surface area is 157 Å². The zero-order chi connectivity index (χ0) is 18.3. The SMILES string of the molecule is Cc1cc(C[C@@H]2CN(C(=O)C3(c4ccc(Cl)cc4)CCC3)C[C@H]2O)on1. The van der Waals surface area contributed by atoms with E-state index in [0.29, 0.717) is 24.5 Å². The predicted molar refractivity (Wildman–Crippen MR) is 98.0 cm³/mol. The highest BCUT2D eigenvalue weighted by Crippen LogP contribution is 2.46. The van der Waals surface area contributed by atoms with Gasteiger partial charge in [-0.2, -0.15) is 0 Å². The first kappa shape index (κ1) is 17.6. The number of aliphatic hydroxyl groups excluding tert-OH is 1. The number of carbonyl (C=O) groups is 1. The molecule has 2 atom stereocenters. The summed E-state index contributed by atoms with van der Waals surface area (Å²) in [7, 11) is 0. The molecule has 138 valence electrons. The largest absolute Gasteiger partial charge is 0.391 e. The van der Waals surface area contributed by atoms with Gasteiger partial charge in [0, 0.05) is 36.5 Å². The first-order valence-corrected chi connectivity index (χ1v) is 9.51. The molecule has 4 rings (SSSR count). The molecule has 1 aromatic heterocycles. The van der Waals surface area contributed by atoms with Gasteiger partial charge in [-0.1, -0.05) is 35.3 Å². The summed E-state index contributed by atoms with van der Waals surface area (Å²) >= 11 is 6.00. The Morgan fingerprint density at radius 3 is 2.65 bits per heavy atom. The molecule has 26 heavy (non-hydrogen) atoms. The van der Waals surface area contributed by atoms with Crippen molar-refractivity contribution in [3.05, 3.63) is 52.4 Å². The molecule has 1 aliphatic carbocycles. The Hall–Kier alpha value is -1.85. The molecule has 5 nitrogen and oxygen atoms in total. The van der Waals surface area contributed by atoms with Crippen molar-refractivity contribution in [1.82, 2.24) is 10.1 Å². The molecule has 2 aliphatic rings. The Morgan fingerprint density at radius 2 is 2.08 bits per heavy atom. The van der Waals surface area contributed by atoms with E-state index < -0.39 is 11.5 Å². The number of aliphatic hydroxyl groups is 1. The van der Waals surface area contributed by atoms with Crippen molar-refractivity contribution in [2.45, 2.75) is 44.1 Å². The number of hydrogen-bond acceptors (Lipinski definition) is 4. The lowest BCUT2D eigenvalue weighted by Gasteiger charge is -2.43. The fourth-order valence-corrected chi connectivity index (χ4v) is 4.35. The van der Waals surface area contributed by atoms with Crippen molar-refractivity contribution in [1.29, 1.82) is 0 Å². The van der Waals surface area contributed by atoms with Crippen LogP contribution in [0.4, 0.5) is 0 Å². The average molecular weight is 375 g/mol. The molecule has 2 heterocycles. The second-order valence-corrected chi connectivity index (χ2v) is 8.06. The van der Waals surface area contributed by atoms with Gasteiger partial charge >= 0.3 is 0 Å². The first-order valence-electron chi connectivity index (χ1n) is 9.14. The number of aromatic nitrogens is 1. The second-order valence-electron chi connectivity index (χ2n) is 7.62. The quantitative estimate of drug-likeness (QED) is 0.892. The van der Waals surface area contributed by atoms with Crippen LogP contribution in [0.5, 0.6) is 0 Å². The number of rotatable bonds is 4. The number of amides is 1. The minimum Gasteiger partial charge on any atom is -0.391 e. The summed E-state index contributed by atoms with van der Waals surface area (Å²) in [5.41, 5.74) is 1.40. The van der Waals surface area contributed by atoms with Crippen LogP contribution in [-0.2, 0) is 16.6 Å². The molecule has 1 aliphatic heterocycles. The standard InChI is InChI=1S/C20H23ClN2O3/c1-13-9-17(26-22-13)10-14-11-23(12-18(14)24)19(25)20(7-2-8-20)15-3-5-16(21)6-4-15/h3-6,9,14,18,24H,2,7-8,10-12H2,1H3/t14-,18-/m1/s1. The monoisotopic (exact) mass is 374 g/mol. The van der Waals surface area contributed by atoms with Crippen molar-refractivity contribution in [2.24, 2.45) is 5.92 Å². The van der Waals surface area contributed by atoms with Gasteiger partial charge in [0.25, 0.3) is 0 Å². The van der Waals surface area contributed by atoms with Crippen molar-refractivity contribution in [3.63, 3.8) is 0 Å². The fourth-order valence-electron chi connectivity index (χ4n) is 4.22. The van der Waals surface area contributed by atoms with E-state index in [9.17, 15) is 9.90 Å². The summed E-state index contributed by atoms with van der Waals surface area (Å²) in [6, 6.07) is 9.50. The molecule has 0 radical (unpaired) electrons. The van der Waals surface area contributed by atoms with Gasteiger partial charge in [-0.25, -0.2) is 0 Å². The highest BCUT2D eigenvalue weighted by atomic mass is 35.5. The number of halogens is 1. The summed E-state index contributed by atoms with van der Waals surface area (Å²) in [5.74, 6) is 0.868. The maximum Gasteiger partial charge on any atom is 0.233 e. The molecule has 1 N–H and O–H groups in total. The van der Waals surface area contributed by atoms with Crippen molar-refractivity contribution < 1.29 is 14.4 Å². The van der Waals surface area contributed by atoms with E-state index in [-0.39, 0.29) is 11.8 Å². The predicted octanol–water partition coefficient (Wildman–Crippen LogP) is 3.12. The maximum atomic E-state index is 13.3. The Kier molecular flexibility index (Phi) is 4.53. The van der Waals surface area contributed by atoms with Crippen LogP contribution in [0, 0.1) is 12.8 Å². The van der Waals surface area contributed by atoms with Gasteiger partial charge < -0.3 is 14.5 Å². The zero-order valence-electron chi connectivity index (χ0n) is 14.8. The molecule has 0 unspecified atom stereocenters. The van der Waals surface area contributed by atoms with E-state index in [1.165, 1.54) is 0 Å². The minimum atomic E-state index is -0.535. The summed E-state index contributed by atoms with van der Waals surface area (Å²) in [6.07, 6.45) is 2.82. The van der Waals surface area contributed by atoms with Crippen LogP contribution in [-0.4, -0.2) is 40.3 Å². The Balaban J connectivity index is 1.50. The summed E-state index contributed by atoms with van der Waals surface area (Å²) in [4.78, 5) is 15.2. The lowest BCUT2D eigenvalue weighted by atomic mass is 9.63. The highest BCUT2D eigenvalue weighted by molar-refractivity contribution is 6.30. The molecule has 1 amide bonds. The molecule has 2 fully saturated rings. The van der Waals surface area contributed by atoms with Gasteiger partial charge in [0.2, 0.25) is 5.91 Å². The highest BCUT2D eigenvalue weighted by Gasteiger charge is 2.49. The van der Waals surface area contributed by atoms with Crippen LogP contribution in [0.3, 0.4) is 0 Å². The van der Waals surface area contributed by atoms with E-state index in [1.54, 1.807) is 0 Å². The van der Waals surface area contributed by atoms with Crippen molar-refractivity contribution in [3.8, 4) is 0 Å². The third-order valence-corrected chi connectivity index (χ3v) is 6.10. The molecule has 6 heteroatoms. The third-order valence-electron chi connectivity index (χ3n) is 5.85. The molecule has 2 aromatic rings. The van der Waals surface area contributed by atoms with Crippen LogP contribution in [0.1, 0.15) is 36.3 Å². The van der Waals surface area contributed by atoms with Crippen LogP contribution < -0.4 is 0 Å². The van der Waals surface area contributed by atoms with Gasteiger partial charge in [0.05, 0.1) is 17.2 Å². The van der Waals surface area contributed by atoms with Crippen LogP contribution in [0.25, 0.3) is 0 Å². The van der Waals surface area contributed by atoms with E-state index in [0.717, 1.165) is 36.3 Å². The second kappa shape index (κ2) is 6.71. The number of likely N-dealkylation sites (tertiary alicyclic amines) is 1. The number of β-amino-alcohol motifs (C(OH)–C–C–N with tert-alkyl or cyclic N) is 1. The molecule has 0 spiro atoms. The minimum absolute atomic E-state index is 0.0198. The van der Waals surface area contributed by atoms with E-state index in [2.05, 4.69) is 5.16 Å². The van der Waals surface area contributed by atoms with E-state index in [4.69, 9.17) is 16.1 Å². The number of aryl methyl sites for hydroxylation is 1. The smallest absolute Gasteiger partial charge is 0.233 e. The number of hydrogen-bond donors (Lipinski definition) is 1. The molecule has 1 aromatic carbocycles. The van der Waals surface area contributed by atoms with E-state index >= 15 is 0 Å². The lowest BCUT2D eigenvalue weighted by molar-refractivity contribution is -0.140. The fraction of sp³-hybridized carbons (Fsp3) is 0.500. The number of carbonyl (C=O) groups excluding carboxylic acids is 1. The van der Waals surface area contributed by atoms with Crippen LogP contribution in [0.15, 0.2) is 34.9 Å². The average Bonchev–Trinajstić information content (AvgIpc) is 3.14. The van der Waals surface area contributed by atoms with Crippen molar-refractivity contribution in [2.75, 3.05) is 13.1 Å². The Bertz CT molecular complexity index is 798. The summed E-state index contributed by atoms with van der Waals surface area (Å²) in [6.45, 7) is 2.81. The van der Waals surface area contributed by atoms with Crippen LogP contribution >= 0.6 is 11.6 Å². The Morgan fingerprint density at radius 1 is 1.35 bits per heavy atom. The van der Waals surface area contributed by atoms with Gasteiger partial charge in [-0.05, 0) is 37.5 Å². The van der Waals surface area contributed by atoms with Gasteiger partial charge in [-0.15, -0.1) is 0 Å². The molecular formula is C20H23ClN2O3. The van der Waals surface area contributed by atoms with Gasteiger partial charge in [-0.3, -0.25) is 4.79 Å². The summed E-state index contributed by atoms with van der Waals surface area (Å²) < 4.78 is 5.27. The zero-order valence-corrected chi connectivity index (χ0v) is 15.6.